The van der Waals surface area contributed by atoms with E-state index in [0.29, 0.717) is 0 Å². The fourth-order valence-electron chi connectivity index (χ4n) is 2.15. The van der Waals surface area contributed by atoms with Crippen LogP contribution in [-0.2, 0) is 12.0 Å². The molecule has 2 rings (SSSR count). The van der Waals surface area contributed by atoms with E-state index >= 15 is 0 Å². The van der Waals surface area contributed by atoms with Crippen LogP contribution < -0.4 is 5.32 Å². The second-order valence-corrected chi connectivity index (χ2v) is 6.26. The van der Waals surface area contributed by atoms with E-state index < -0.39 is 0 Å². The van der Waals surface area contributed by atoms with Gasteiger partial charge < -0.3 is 5.32 Å². The van der Waals surface area contributed by atoms with Gasteiger partial charge in [-0.3, -0.25) is 0 Å². The third kappa shape index (κ3) is 3.60. The zero-order valence-electron chi connectivity index (χ0n) is 12.6. The quantitative estimate of drug-likeness (QED) is 0.824. The van der Waals surface area contributed by atoms with Crippen LogP contribution in [0.25, 0.3) is 0 Å². The highest BCUT2D eigenvalue weighted by Gasteiger charge is 2.12. The zero-order valence-corrected chi connectivity index (χ0v) is 12.6. The predicted octanol–water partition coefficient (Wildman–Crippen LogP) is 5.04. The molecule has 0 fully saturated rings. The van der Waals surface area contributed by atoms with Crippen molar-refractivity contribution in [2.24, 2.45) is 0 Å². The Balaban J connectivity index is 2.04. The van der Waals surface area contributed by atoms with Gasteiger partial charge in [-0.1, -0.05) is 45.0 Å². The van der Waals surface area contributed by atoms with Crippen molar-refractivity contribution in [3.05, 3.63) is 65.0 Å². The van der Waals surface area contributed by atoms with Gasteiger partial charge in [0, 0.05) is 12.2 Å². The summed E-state index contributed by atoms with van der Waals surface area (Å²) in [5.41, 5.74) is 4.64. The largest absolute Gasteiger partial charge is 0.381 e. The number of benzene rings is 2. The average molecular weight is 271 g/mol. The summed E-state index contributed by atoms with van der Waals surface area (Å²) in [5, 5.41) is 3.35. The molecule has 0 unspecified atom stereocenters. The molecule has 0 aliphatic carbocycles. The molecule has 106 valence electrons. The van der Waals surface area contributed by atoms with Gasteiger partial charge in [-0.2, -0.15) is 0 Å². The molecule has 0 saturated carbocycles. The maximum atomic E-state index is 13.0. The van der Waals surface area contributed by atoms with Gasteiger partial charge in [0.2, 0.25) is 0 Å². The van der Waals surface area contributed by atoms with Crippen LogP contribution >= 0.6 is 0 Å². The molecular formula is C18H22FN. The van der Waals surface area contributed by atoms with Crippen molar-refractivity contribution in [2.45, 2.75) is 39.7 Å². The Morgan fingerprint density at radius 1 is 1.00 bits per heavy atom. The molecule has 2 aromatic rings. The Bertz CT molecular complexity index is 579. The number of nitrogens with one attached hydrogen (secondary N) is 1. The van der Waals surface area contributed by atoms with Crippen LogP contribution in [0.4, 0.5) is 10.1 Å². The highest BCUT2D eigenvalue weighted by molar-refractivity contribution is 5.51. The summed E-state index contributed by atoms with van der Waals surface area (Å²) in [4.78, 5) is 0. The molecule has 0 amide bonds. The molecule has 0 atom stereocenters. The van der Waals surface area contributed by atoms with Crippen LogP contribution in [0.3, 0.4) is 0 Å². The van der Waals surface area contributed by atoms with E-state index in [1.54, 1.807) is 12.1 Å². The molecular weight excluding hydrogens is 249 g/mol. The number of rotatable bonds is 3. The topological polar surface area (TPSA) is 12.0 Å². The molecule has 0 spiro atoms. The summed E-state index contributed by atoms with van der Waals surface area (Å²) in [5.74, 6) is -0.192. The Labute approximate surface area is 120 Å². The smallest absolute Gasteiger partial charge is 0.123 e. The van der Waals surface area contributed by atoms with Gasteiger partial charge in [0.15, 0.2) is 0 Å². The number of halogens is 1. The highest BCUT2D eigenvalue weighted by Crippen LogP contribution is 2.23. The normalized spacial score (nSPS) is 11.4. The first-order valence-electron chi connectivity index (χ1n) is 6.96. The SMILES string of the molecule is Cc1cc(F)ccc1NCc1ccc(C(C)(C)C)cc1. The van der Waals surface area contributed by atoms with E-state index in [-0.39, 0.29) is 11.2 Å². The standard InChI is InChI=1S/C18H22FN/c1-13-11-16(19)9-10-17(13)20-12-14-5-7-15(8-6-14)18(2,3)4/h5-11,20H,12H2,1-4H3. The van der Waals surface area contributed by atoms with E-state index in [0.717, 1.165) is 17.8 Å². The second kappa shape index (κ2) is 5.66. The third-order valence-electron chi connectivity index (χ3n) is 3.49. The van der Waals surface area contributed by atoms with Gasteiger partial charge >= 0.3 is 0 Å². The molecule has 0 radical (unpaired) electrons. The summed E-state index contributed by atoms with van der Waals surface area (Å²) >= 11 is 0. The second-order valence-electron chi connectivity index (χ2n) is 6.26. The Kier molecular flexibility index (Phi) is 4.12. The van der Waals surface area contributed by atoms with E-state index in [2.05, 4.69) is 50.4 Å². The van der Waals surface area contributed by atoms with Gasteiger partial charge in [-0.25, -0.2) is 4.39 Å². The molecule has 0 saturated heterocycles. The highest BCUT2D eigenvalue weighted by atomic mass is 19.1. The summed E-state index contributed by atoms with van der Waals surface area (Å²) in [6.07, 6.45) is 0. The summed E-state index contributed by atoms with van der Waals surface area (Å²) in [7, 11) is 0. The lowest BCUT2D eigenvalue weighted by atomic mass is 9.87. The maximum absolute atomic E-state index is 13.0. The molecule has 2 heteroatoms. The van der Waals surface area contributed by atoms with Gasteiger partial charge in [-0.15, -0.1) is 0 Å². The van der Waals surface area contributed by atoms with Crippen molar-refractivity contribution in [3.8, 4) is 0 Å². The molecule has 0 aliphatic heterocycles. The minimum atomic E-state index is -0.192. The molecule has 20 heavy (non-hydrogen) atoms. The zero-order chi connectivity index (χ0) is 14.8. The maximum Gasteiger partial charge on any atom is 0.123 e. The molecule has 2 aromatic carbocycles. The van der Waals surface area contributed by atoms with E-state index in [9.17, 15) is 4.39 Å². The third-order valence-corrected chi connectivity index (χ3v) is 3.49. The molecule has 1 N–H and O–H groups in total. The lowest BCUT2D eigenvalue weighted by molar-refractivity contribution is 0.590. The van der Waals surface area contributed by atoms with Crippen LogP contribution in [-0.4, -0.2) is 0 Å². The first kappa shape index (κ1) is 14.6. The van der Waals surface area contributed by atoms with E-state index in [1.165, 1.54) is 17.2 Å². The number of hydrogen-bond acceptors (Lipinski definition) is 1. The first-order valence-corrected chi connectivity index (χ1v) is 6.96. The van der Waals surface area contributed by atoms with Crippen LogP contribution in [0.5, 0.6) is 0 Å². The van der Waals surface area contributed by atoms with Gasteiger partial charge in [-0.05, 0) is 47.2 Å². The monoisotopic (exact) mass is 271 g/mol. The van der Waals surface area contributed by atoms with Crippen molar-refractivity contribution in [1.82, 2.24) is 0 Å². The van der Waals surface area contributed by atoms with Crippen molar-refractivity contribution in [3.63, 3.8) is 0 Å². The Hall–Kier alpha value is -1.83. The number of anilines is 1. The Morgan fingerprint density at radius 2 is 1.65 bits per heavy atom. The van der Waals surface area contributed by atoms with E-state index in [4.69, 9.17) is 0 Å². The predicted molar refractivity (Wildman–Crippen MR) is 83.6 cm³/mol. The first-order chi connectivity index (χ1) is 9.36. The number of hydrogen-bond donors (Lipinski definition) is 1. The molecule has 0 aliphatic rings. The van der Waals surface area contributed by atoms with Crippen molar-refractivity contribution >= 4 is 5.69 Å². The van der Waals surface area contributed by atoms with Crippen molar-refractivity contribution < 1.29 is 4.39 Å². The molecule has 0 bridgehead atoms. The fraction of sp³-hybridized carbons (Fsp3) is 0.333. The summed E-state index contributed by atoms with van der Waals surface area (Å²) in [6, 6.07) is 13.5. The minimum absolute atomic E-state index is 0.180. The molecule has 0 aromatic heterocycles. The average Bonchev–Trinajstić information content (AvgIpc) is 2.37. The molecule has 0 heterocycles. The lowest BCUT2D eigenvalue weighted by Gasteiger charge is -2.19. The van der Waals surface area contributed by atoms with E-state index in [1.807, 2.05) is 6.92 Å². The van der Waals surface area contributed by atoms with Gasteiger partial charge in [0.1, 0.15) is 5.82 Å². The lowest BCUT2D eigenvalue weighted by Crippen LogP contribution is -2.11. The summed E-state index contributed by atoms with van der Waals surface area (Å²) in [6.45, 7) is 9.29. The number of aryl methyl sites for hydroxylation is 1. The minimum Gasteiger partial charge on any atom is -0.381 e. The van der Waals surface area contributed by atoms with Crippen molar-refractivity contribution in [2.75, 3.05) is 5.32 Å². The van der Waals surface area contributed by atoms with Gasteiger partial charge in [0.05, 0.1) is 0 Å². The fourth-order valence-corrected chi connectivity index (χ4v) is 2.15. The van der Waals surface area contributed by atoms with Crippen LogP contribution in [0.1, 0.15) is 37.5 Å². The van der Waals surface area contributed by atoms with Crippen molar-refractivity contribution in [1.29, 1.82) is 0 Å². The Morgan fingerprint density at radius 3 is 2.20 bits per heavy atom. The van der Waals surface area contributed by atoms with Crippen LogP contribution in [0.15, 0.2) is 42.5 Å². The van der Waals surface area contributed by atoms with Crippen LogP contribution in [0, 0.1) is 12.7 Å². The molecule has 1 nitrogen and oxygen atoms in total. The summed E-state index contributed by atoms with van der Waals surface area (Å²) < 4.78 is 13.0. The van der Waals surface area contributed by atoms with Crippen LogP contribution in [0.2, 0.25) is 0 Å². The van der Waals surface area contributed by atoms with Gasteiger partial charge in [0.25, 0.3) is 0 Å².